The number of nitrogens with one attached hydrogen (secondary N) is 2. The van der Waals surface area contributed by atoms with Crippen LogP contribution in [0.2, 0.25) is 0 Å². The summed E-state index contributed by atoms with van der Waals surface area (Å²) in [4.78, 5) is 0. The first kappa shape index (κ1) is 18.1. The maximum absolute atomic E-state index is 12.3. The SMILES string of the molecule is CCOc1cc(/C=N\NC(=S)NC(C)C)ccc1OC(F)F. The fourth-order valence-corrected chi connectivity index (χ4v) is 1.81. The largest absolute Gasteiger partial charge is 0.490 e. The van der Waals surface area contributed by atoms with Crippen molar-refractivity contribution < 1.29 is 18.3 Å². The van der Waals surface area contributed by atoms with Gasteiger partial charge in [0.15, 0.2) is 16.6 Å². The monoisotopic (exact) mass is 331 g/mol. The van der Waals surface area contributed by atoms with Crippen LogP contribution in [0.5, 0.6) is 11.5 Å². The van der Waals surface area contributed by atoms with Gasteiger partial charge in [-0.15, -0.1) is 0 Å². The molecule has 5 nitrogen and oxygen atoms in total. The summed E-state index contributed by atoms with van der Waals surface area (Å²) in [6, 6.07) is 4.75. The van der Waals surface area contributed by atoms with Crippen LogP contribution in [0.3, 0.4) is 0 Å². The average Bonchev–Trinajstić information content (AvgIpc) is 2.40. The Labute approximate surface area is 133 Å². The molecule has 22 heavy (non-hydrogen) atoms. The smallest absolute Gasteiger partial charge is 0.387 e. The Hall–Kier alpha value is -1.96. The third-order valence-corrected chi connectivity index (χ3v) is 2.49. The van der Waals surface area contributed by atoms with Gasteiger partial charge >= 0.3 is 6.61 Å². The molecule has 1 aromatic rings. The Balaban J connectivity index is 2.75. The molecule has 0 aliphatic carbocycles. The van der Waals surface area contributed by atoms with Crippen molar-refractivity contribution in [3.8, 4) is 11.5 Å². The zero-order valence-corrected chi connectivity index (χ0v) is 13.4. The van der Waals surface area contributed by atoms with Gasteiger partial charge < -0.3 is 14.8 Å². The fraction of sp³-hybridized carbons (Fsp3) is 0.429. The number of hydrazone groups is 1. The number of thiocarbonyl (C=S) groups is 1. The number of ether oxygens (including phenoxy) is 2. The Morgan fingerprint density at radius 3 is 2.68 bits per heavy atom. The van der Waals surface area contributed by atoms with Crippen molar-refractivity contribution in [2.24, 2.45) is 5.10 Å². The fourth-order valence-electron chi connectivity index (χ4n) is 1.53. The topological polar surface area (TPSA) is 54.9 Å². The second-order valence-corrected chi connectivity index (χ2v) is 4.92. The highest BCUT2D eigenvalue weighted by Crippen LogP contribution is 2.29. The van der Waals surface area contributed by atoms with Crippen LogP contribution >= 0.6 is 12.2 Å². The van der Waals surface area contributed by atoms with Crippen LogP contribution in [-0.2, 0) is 0 Å². The first-order valence-electron chi connectivity index (χ1n) is 6.73. The molecule has 122 valence electrons. The highest BCUT2D eigenvalue weighted by molar-refractivity contribution is 7.80. The summed E-state index contributed by atoms with van der Waals surface area (Å²) in [6.07, 6.45) is 1.50. The summed E-state index contributed by atoms with van der Waals surface area (Å²) in [5.41, 5.74) is 3.32. The zero-order valence-electron chi connectivity index (χ0n) is 12.6. The van der Waals surface area contributed by atoms with E-state index in [0.717, 1.165) is 0 Å². The minimum atomic E-state index is -2.90. The maximum atomic E-state index is 12.3. The molecule has 0 heterocycles. The van der Waals surface area contributed by atoms with E-state index >= 15 is 0 Å². The predicted molar refractivity (Wildman–Crippen MR) is 85.8 cm³/mol. The molecule has 0 fully saturated rings. The van der Waals surface area contributed by atoms with Gasteiger partial charge in [-0.2, -0.15) is 13.9 Å². The van der Waals surface area contributed by atoms with Gasteiger partial charge in [0.2, 0.25) is 0 Å². The van der Waals surface area contributed by atoms with E-state index in [1.807, 2.05) is 13.8 Å². The lowest BCUT2D eigenvalue weighted by Gasteiger charge is -2.12. The van der Waals surface area contributed by atoms with Crippen LogP contribution in [0.15, 0.2) is 23.3 Å². The molecule has 0 aromatic heterocycles. The van der Waals surface area contributed by atoms with Crippen molar-refractivity contribution in [2.75, 3.05) is 6.61 Å². The Morgan fingerprint density at radius 1 is 1.36 bits per heavy atom. The van der Waals surface area contributed by atoms with E-state index in [4.69, 9.17) is 17.0 Å². The maximum Gasteiger partial charge on any atom is 0.387 e. The Bertz CT molecular complexity index is 525. The van der Waals surface area contributed by atoms with Crippen LogP contribution < -0.4 is 20.2 Å². The lowest BCUT2D eigenvalue weighted by Crippen LogP contribution is -2.36. The summed E-state index contributed by atoms with van der Waals surface area (Å²) in [5, 5.41) is 7.33. The first-order chi connectivity index (χ1) is 10.4. The van der Waals surface area contributed by atoms with E-state index in [-0.39, 0.29) is 17.5 Å². The highest BCUT2D eigenvalue weighted by Gasteiger charge is 2.11. The van der Waals surface area contributed by atoms with Gasteiger partial charge in [-0.25, -0.2) is 0 Å². The number of halogens is 2. The lowest BCUT2D eigenvalue weighted by molar-refractivity contribution is -0.0514. The molecule has 2 N–H and O–H groups in total. The summed E-state index contributed by atoms with van der Waals surface area (Å²) >= 11 is 5.02. The van der Waals surface area contributed by atoms with Crippen molar-refractivity contribution in [3.63, 3.8) is 0 Å². The van der Waals surface area contributed by atoms with Gasteiger partial charge in [-0.05, 0) is 56.8 Å². The van der Waals surface area contributed by atoms with Crippen LogP contribution in [-0.4, -0.2) is 30.6 Å². The molecule has 0 aliphatic rings. The molecule has 1 aromatic carbocycles. The van der Waals surface area contributed by atoms with Crippen molar-refractivity contribution in [1.82, 2.24) is 10.7 Å². The zero-order chi connectivity index (χ0) is 16.5. The van der Waals surface area contributed by atoms with E-state index in [0.29, 0.717) is 17.3 Å². The lowest BCUT2D eigenvalue weighted by atomic mass is 10.2. The number of hydrogen-bond donors (Lipinski definition) is 2. The summed E-state index contributed by atoms with van der Waals surface area (Å²) in [6.45, 7) is 3.09. The normalized spacial score (nSPS) is 11.0. The van der Waals surface area contributed by atoms with Gasteiger partial charge in [0.05, 0.1) is 12.8 Å². The molecule has 0 amide bonds. The summed E-state index contributed by atoms with van der Waals surface area (Å²) in [5.74, 6) is 0.216. The van der Waals surface area contributed by atoms with E-state index < -0.39 is 6.61 Å². The third kappa shape index (κ3) is 6.66. The molecule has 0 aliphatic heterocycles. The molecule has 8 heteroatoms. The van der Waals surface area contributed by atoms with E-state index in [1.54, 1.807) is 19.1 Å². The van der Waals surface area contributed by atoms with Crippen molar-refractivity contribution in [3.05, 3.63) is 23.8 Å². The Morgan fingerprint density at radius 2 is 2.09 bits per heavy atom. The number of rotatable bonds is 7. The molecule has 0 saturated carbocycles. The molecule has 0 unspecified atom stereocenters. The van der Waals surface area contributed by atoms with Gasteiger partial charge in [0, 0.05) is 6.04 Å². The second kappa shape index (κ2) is 9.14. The predicted octanol–water partition coefficient (Wildman–Crippen LogP) is 2.89. The van der Waals surface area contributed by atoms with Crippen molar-refractivity contribution in [2.45, 2.75) is 33.4 Å². The minimum Gasteiger partial charge on any atom is -0.490 e. The van der Waals surface area contributed by atoms with Gasteiger partial charge in [0.1, 0.15) is 0 Å². The number of hydrogen-bond acceptors (Lipinski definition) is 4. The number of alkyl halides is 2. The van der Waals surface area contributed by atoms with Gasteiger partial charge in [0.25, 0.3) is 0 Å². The molecule has 0 saturated heterocycles. The molecular weight excluding hydrogens is 312 g/mol. The standard InChI is InChI=1S/C14H19F2N3O2S/c1-4-20-12-7-10(5-6-11(12)21-13(15)16)8-17-19-14(22)18-9(2)3/h5-9,13H,4H2,1-3H3,(H2,18,19,22)/b17-8-. The molecule has 0 bridgehead atoms. The summed E-state index contributed by atoms with van der Waals surface area (Å²) in [7, 11) is 0. The third-order valence-electron chi connectivity index (χ3n) is 2.28. The number of nitrogens with zero attached hydrogens (tertiary/aromatic N) is 1. The van der Waals surface area contributed by atoms with Gasteiger partial charge in [-0.3, -0.25) is 5.43 Å². The molecule has 0 spiro atoms. The van der Waals surface area contributed by atoms with Crippen LogP contribution in [0.25, 0.3) is 0 Å². The van der Waals surface area contributed by atoms with E-state index in [1.165, 1.54) is 12.3 Å². The average molecular weight is 331 g/mol. The van der Waals surface area contributed by atoms with Gasteiger partial charge in [-0.1, -0.05) is 0 Å². The van der Waals surface area contributed by atoms with Crippen molar-refractivity contribution >= 4 is 23.5 Å². The molecular formula is C14H19F2N3O2S. The minimum absolute atomic E-state index is 0.0149. The van der Waals surface area contributed by atoms with E-state index in [2.05, 4.69) is 20.6 Å². The highest BCUT2D eigenvalue weighted by atomic mass is 32.1. The second-order valence-electron chi connectivity index (χ2n) is 4.52. The first-order valence-corrected chi connectivity index (χ1v) is 7.14. The summed E-state index contributed by atoms with van der Waals surface area (Å²) < 4.78 is 34.3. The molecule has 0 radical (unpaired) electrons. The molecule has 0 atom stereocenters. The van der Waals surface area contributed by atoms with Crippen LogP contribution in [0.4, 0.5) is 8.78 Å². The number of benzene rings is 1. The van der Waals surface area contributed by atoms with Crippen LogP contribution in [0.1, 0.15) is 26.3 Å². The van der Waals surface area contributed by atoms with E-state index in [9.17, 15) is 8.78 Å². The Kier molecular flexibility index (Phi) is 7.51. The quantitative estimate of drug-likeness (QED) is 0.457. The molecule has 1 rings (SSSR count). The van der Waals surface area contributed by atoms with Crippen molar-refractivity contribution in [1.29, 1.82) is 0 Å². The van der Waals surface area contributed by atoms with Crippen LogP contribution in [0, 0.1) is 0 Å².